The molecule has 0 radical (unpaired) electrons. The Morgan fingerprint density at radius 3 is 2.59 bits per heavy atom. The summed E-state index contributed by atoms with van der Waals surface area (Å²) in [6.07, 6.45) is 4.58. The van der Waals surface area contributed by atoms with Crippen LogP contribution in [0.1, 0.15) is 29.9 Å². The molecule has 9 heteroatoms. The van der Waals surface area contributed by atoms with Crippen LogP contribution in [0.4, 0.5) is 5.69 Å². The number of methoxy groups -OCH3 is 1. The first-order chi connectivity index (χ1) is 16.4. The van der Waals surface area contributed by atoms with E-state index in [1.54, 1.807) is 50.5 Å². The molecule has 2 aromatic carbocycles. The Morgan fingerprint density at radius 2 is 1.88 bits per heavy atom. The zero-order valence-electron chi connectivity index (χ0n) is 19.1. The van der Waals surface area contributed by atoms with Crippen molar-refractivity contribution < 1.29 is 22.5 Å². The molecule has 0 spiro atoms. The number of aromatic nitrogens is 1. The summed E-state index contributed by atoms with van der Waals surface area (Å²) in [6, 6.07) is 16.5. The maximum absolute atomic E-state index is 13.5. The van der Waals surface area contributed by atoms with E-state index in [0.717, 1.165) is 5.56 Å². The summed E-state index contributed by atoms with van der Waals surface area (Å²) in [4.78, 5) is 12.9. The minimum Gasteiger partial charge on any atom is -0.497 e. The number of carbonyl (C=O) groups excluding carboxylic acids is 1. The van der Waals surface area contributed by atoms with Crippen molar-refractivity contribution in [3.05, 3.63) is 71.6 Å². The molecule has 1 aromatic heterocycles. The molecule has 1 saturated heterocycles. The second kappa shape index (κ2) is 10.2. The fourth-order valence-electron chi connectivity index (χ4n) is 3.96. The van der Waals surface area contributed by atoms with Gasteiger partial charge in [-0.3, -0.25) is 4.79 Å². The number of ether oxygens (including phenoxy) is 1. The third-order valence-corrected chi connectivity index (χ3v) is 7.79. The topological polar surface area (TPSA) is 102 Å². The molecule has 1 aliphatic heterocycles. The van der Waals surface area contributed by atoms with Crippen LogP contribution >= 0.6 is 0 Å². The second-order valence-corrected chi connectivity index (χ2v) is 10.0. The number of benzene rings is 2. The lowest BCUT2D eigenvalue weighted by atomic mass is 9.99. The van der Waals surface area contributed by atoms with E-state index in [-0.39, 0.29) is 28.8 Å². The largest absolute Gasteiger partial charge is 0.497 e. The number of hydrogen-bond acceptors (Lipinski definition) is 6. The van der Waals surface area contributed by atoms with Crippen LogP contribution in [0, 0.1) is 12.8 Å². The molecule has 0 saturated carbocycles. The quantitative estimate of drug-likeness (QED) is 0.543. The summed E-state index contributed by atoms with van der Waals surface area (Å²) in [5.41, 5.74) is 1.83. The number of hydrogen-bond donors (Lipinski definition) is 1. The Labute approximate surface area is 199 Å². The first kappa shape index (κ1) is 23.7. The molecule has 4 rings (SSSR count). The number of piperidine rings is 1. The predicted molar refractivity (Wildman–Crippen MR) is 130 cm³/mol. The van der Waals surface area contributed by atoms with Gasteiger partial charge in [0.1, 0.15) is 11.4 Å². The Kier molecular flexibility index (Phi) is 7.14. The predicted octanol–water partition coefficient (Wildman–Crippen LogP) is 4.20. The van der Waals surface area contributed by atoms with Crippen LogP contribution in [0.15, 0.2) is 64.0 Å². The molecule has 34 heavy (non-hydrogen) atoms. The molecular weight excluding hydrogens is 454 g/mol. The Hall–Kier alpha value is -3.43. The van der Waals surface area contributed by atoms with Crippen molar-refractivity contribution in [1.29, 1.82) is 0 Å². The van der Waals surface area contributed by atoms with Crippen LogP contribution < -0.4 is 10.1 Å². The van der Waals surface area contributed by atoms with Crippen molar-refractivity contribution in [3.63, 3.8) is 0 Å². The molecular formula is C25H27N3O5S. The number of sulfonamides is 1. The number of nitrogens with zero attached hydrogens (tertiary/aromatic N) is 2. The molecule has 2 heterocycles. The maximum Gasteiger partial charge on any atom is 0.248 e. The summed E-state index contributed by atoms with van der Waals surface area (Å²) in [5, 5.41) is 6.77. The van der Waals surface area contributed by atoms with Crippen LogP contribution in [-0.2, 0) is 14.8 Å². The number of anilines is 1. The molecule has 1 amide bonds. The maximum atomic E-state index is 13.5. The first-order valence-corrected chi connectivity index (χ1v) is 12.5. The molecule has 8 nitrogen and oxygen atoms in total. The van der Waals surface area contributed by atoms with E-state index >= 15 is 0 Å². The van der Waals surface area contributed by atoms with Crippen LogP contribution in [-0.4, -0.2) is 44.0 Å². The lowest BCUT2D eigenvalue weighted by molar-refractivity contribution is -0.120. The van der Waals surface area contributed by atoms with Gasteiger partial charge in [-0.05, 0) is 55.7 Å². The highest BCUT2D eigenvalue weighted by Crippen LogP contribution is 2.30. The molecule has 0 aliphatic carbocycles. The number of aryl methyl sites for hydroxylation is 1. The van der Waals surface area contributed by atoms with Crippen molar-refractivity contribution in [3.8, 4) is 5.75 Å². The Balaban J connectivity index is 1.51. The van der Waals surface area contributed by atoms with Gasteiger partial charge >= 0.3 is 0 Å². The lowest BCUT2D eigenvalue weighted by Gasteiger charge is -2.31. The second-order valence-electron chi connectivity index (χ2n) is 8.13. The fourth-order valence-corrected chi connectivity index (χ4v) is 5.73. The smallest absolute Gasteiger partial charge is 0.248 e. The number of carbonyl (C=O) groups is 1. The monoisotopic (exact) mass is 481 g/mol. The van der Waals surface area contributed by atoms with Gasteiger partial charge in [0, 0.05) is 18.8 Å². The van der Waals surface area contributed by atoms with Crippen molar-refractivity contribution in [2.75, 3.05) is 25.5 Å². The number of rotatable bonds is 7. The molecule has 1 fully saturated rings. The van der Waals surface area contributed by atoms with Gasteiger partial charge in [-0.25, -0.2) is 8.42 Å². The van der Waals surface area contributed by atoms with E-state index in [1.807, 2.05) is 30.3 Å². The summed E-state index contributed by atoms with van der Waals surface area (Å²) < 4.78 is 38.9. The molecule has 0 unspecified atom stereocenters. The van der Waals surface area contributed by atoms with Gasteiger partial charge < -0.3 is 14.6 Å². The Bertz CT molecular complexity index is 1270. The van der Waals surface area contributed by atoms with Crippen molar-refractivity contribution in [1.82, 2.24) is 9.46 Å². The van der Waals surface area contributed by atoms with Gasteiger partial charge in [0.2, 0.25) is 15.9 Å². The highest BCUT2D eigenvalue weighted by molar-refractivity contribution is 7.89. The van der Waals surface area contributed by atoms with E-state index in [1.165, 1.54) is 4.31 Å². The standard InChI is InChI=1S/C25H27N3O5S/c1-18-24(23(33-27-18)15-10-19-7-4-3-5-8-19)34(30,31)28-16-6-9-20(17-28)25(29)26-21-11-13-22(32-2)14-12-21/h3-5,7-8,10-15,20H,6,9,16-17H2,1-2H3,(H,26,29)/b15-10+/t20-/m1/s1. The third-order valence-electron chi connectivity index (χ3n) is 5.77. The van der Waals surface area contributed by atoms with Crippen LogP contribution in [0.3, 0.4) is 0 Å². The number of amides is 1. The van der Waals surface area contributed by atoms with Gasteiger partial charge in [-0.1, -0.05) is 41.6 Å². The Morgan fingerprint density at radius 1 is 1.15 bits per heavy atom. The normalized spacial score (nSPS) is 17.1. The van der Waals surface area contributed by atoms with Crippen LogP contribution in [0.25, 0.3) is 12.2 Å². The minimum atomic E-state index is -3.90. The highest BCUT2D eigenvalue weighted by Gasteiger charge is 2.36. The van der Waals surface area contributed by atoms with Gasteiger partial charge in [0.15, 0.2) is 10.7 Å². The van der Waals surface area contributed by atoms with Gasteiger partial charge in [-0.15, -0.1) is 0 Å². The van der Waals surface area contributed by atoms with E-state index in [4.69, 9.17) is 9.26 Å². The van der Waals surface area contributed by atoms with Crippen molar-refractivity contribution in [2.45, 2.75) is 24.7 Å². The molecule has 1 aliphatic rings. The van der Waals surface area contributed by atoms with Gasteiger partial charge in [0.05, 0.1) is 13.0 Å². The first-order valence-electron chi connectivity index (χ1n) is 11.0. The zero-order chi connectivity index (χ0) is 24.1. The van der Waals surface area contributed by atoms with Crippen molar-refractivity contribution >= 4 is 33.8 Å². The number of nitrogens with one attached hydrogen (secondary N) is 1. The van der Waals surface area contributed by atoms with E-state index in [0.29, 0.717) is 30.8 Å². The van der Waals surface area contributed by atoms with Gasteiger partial charge in [0.25, 0.3) is 0 Å². The fraction of sp³-hybridized carbons (Fsp3) is 0.280. The van der Waals surface area contributed by atoms with Gasteiger partial charge in [-0.2, -0.15) is 4.31 Å². The van der Waals surface area contributed by atoms with E-state index in [9.17, 15) is 13.2 Å². The van der Waals surface area contributed by atoms with E-state index in [2.05, 4.69) is 10.5 Å². The average Bonchev–Trinajstić information content (AvgIpc) is 3.25. The zero-order valence-corrected chi connectivity index (χ0v) is 19.9. The minimum absolute atomic E-state index is 0.0379. The molecule has 0 bridgehead atoms. The molecule has 1 atom stereocenters. The molecule has 1 N–H and O–H groups in total. The average molecular weight is 482 g/mol. The highest BCUT2D eigenvalue weighted by atomic mass is 32.2. The van der Waals surface area contributed by atoms with Crippen LogP contribution in [0.2, 0.25) is 0 Å². The lowest BCUT2D eigenvalue weighted by Crippen LogP contribution is -2.43. The summed E-state index contributed by atoms with van der Waals surface area (Å²) in [7, 11) is -2.33. The summed E-state index contributed by atoms with van der Waals surface area (Å²) in [6.45, 7) is 2.03. The SMILES string of the molecule is COc1ccc(NC(=O)[C@@H]2CCCN(S(=O)(=O)c3c(C)noc3/C=C/c3ccccc3)C2)cc1. The summed E-state index contributed by atoms with van der Waals surface area (Å²) >= 11 is 0. The van der Waals surface area contributed by atoms with E-state index < -0.39 is 15.9 Å². The van der Waals surface area contributed by atoms with Crippen molar-refractivity contribution in [2.24, 2.45) is 5.92 Å². The summed E-state index contributed by atoms with van der Waals surface area (Å²) in [5.74, 6) is 0.186. The third kappa shape index (κ3) is 5.21. The molecule has 178 valence electrons. The molecule has 3 aromatic rings. The van der Waals surface area contributed by atoms with Crippen LogP contribution in [0.5, 0.6) is 5.75 Å².